The van der Waals surface area contributed by atoms with Gasteiger partial charge in [0.15, 0.2) is 0 Å². The van der Waals surface area contributed by atoms with Crippen LogP contribution in [0.2, 0.25) is 0 Å². The maximum absolute atomic E-state index is 12.8. The zero-order valence-electron chi connectivity index (χ0n) is 18.6. The van der Waals surface area contributed by atoms with E-state index in [2.05, 4.69) is 16.4 Å². The summed E-state index contributed by atoms with van der Waals surface area (Å²) in [7, 11) is 0. The fraction of sp³-hybridized carbons (Fsp3) is 0.640. The minimum atomic E-state index is -0.225. The molecule has 5 heteroatoms. The van der Waals surface area contributed by atoms with E-state index in [9.17, 15) is 10.1 Å². The number of nitriles is 1. The van der Waals surface area contributed by atoms with Crippen molar-refractivity contribution < 1.29 is 4.79 Å². The lowest BCUT2D eigenvalue weighted by Crippen LogP contribution is -2.36. The molecule has 1 N–H and O–H groups in total. The average molecular weight is 411 g/mol. The number of pyridine rings is 1. The summed E-state index contributed by atoms with van der Waals surface area (Å²) >= 11 is 0. The van der Waals surface area contributed by atoms with E-state index in [1.54, 1.807) is 18.6 Å². The number of likely N-dealkylation sites (N-methyl/N-ethyl adjacent to an activating group) is 1. The van der Waals surface area contributed by atoms with Crippen LogP contribution in [0.15, 0.2) is 36.3 Å². The lowest BCUT2D eigenvalue weighted by molar-refractivity contribution is -0.118. The molecule has 0 spiro atoms. The molecule has 0 atom stereocenters. The van der Waals surface area contributed by atoms with Crippen LogP contribution in [0, 0.1) is 11.3 Å². The van der Waals surface area contributed by atoms with Gasteiger partial charge in [0.05, 0.1) is 0 Å². The van der Waals surface area contributed by atoms with Crippen molar-refractivity contribution in [3.8, 4) is 6.07 Å². The van der Waals surface area contributed by atoms with Gasteiger partial charge in [-0.3, -0.25) is 9.78 Å². The summed E-state index contributed by atoms with van der Waals surface area (Å²) in [6.45, 7) is 3.57. The average Bonchev–Trinajstić information content (AvgIpc) is 2.76. The Kier molecular flexibility index (Phi) is 11.6. The number of hydrogen-bond donors (Lipinski definition) is 1. The van der Waals surface area contributed by atoms with Crippen molar-refractivity contribution in [1.29, 1.82) is 5.26 Å². The summed E-state index contributed by atoms with van der Waals surface area (Å²) in [5, 5.41) is 12.8. The lowest BCUT2D eigenvalue weighted by atomic mass is 9.97. The lowest BCUT2D eigenvalue weighted by Gasteiger charge is -2.21. The maximum atomic E-state index is 12.8. The van der Waals surface area contributed by atoms with E-state index in [-0.39, 0.29) is 17.5 Å². The van der Waals surface area contributed by atoms with Gasteiger partial charge in [0, 0.05) is 37.7 Å². The van der Waals surface area contributed by atoms with Crippen molar-refractivity contribution in [3.05, 3.63) is 41.9 Å². The smallest absolute Gasteiger partial charge is 0.263 e. The van der Waals surface area contributed by atoms with Gasteiger partial charge in [0.1, 0.15) is 11.6 Å². The molecule has 0 aromatic carbocycles. The van der Waals surface area contributed by atoms with Crippen molar-refractivity contribution in [2.75, 3.05) is 13.1 Å². The molecule has 1 heterocycles. The Hall–Kier alpha value is -2.35. The molecule has 164 valence electrons. The third kappa shape index (κ3) is 9.43. The molecule has 1 saturated carbocycles. The molecule has 1 aliphatic carbocycles. The number of nitrogens with zero attached hydrogens (tertiary/aromatic N) is 3. The fourth-order valence-electron chi connectivity index (χ4n) is 4.03. The first-order valence-corrected chi connectivity index (χ1v) is 11.8. The Morgan fingerprint density at radius 2 is 1.67 bits per heavy atom. The highest BCUT2D eigenvalue weighted by Gasteiger charge is 2.17. The predicted octanol–water partition coefficient (Wildman–Crippen LogP) is 5.14. The normalized spacial score (nSPS) is 17.3. The molecule has 2 rings (SSSR count). The highest BCUT2D eigenvalue weighted by Crippen LogP contribution is 2.17. The molecular formula is C25H38N4O. The van der Waals surface area contributed by atoms with E-state index in [4.69, 9.17) is 0 Å². The number of rotatable bonds is 7. The Bertz CT molecular complexity index is 668. The van der Waals surface area contributed by atoms with Crippen LogP contribution in [0.25, 0.3) is 0 Å². The SMILES string of the molecule is CCN(/C=C(/C#N)C(=O)NC1CCCCCCCCCCC1)CCc1ccncc1. The molecule has 0 aliphatic heterocycles. The van der Waals surface area contributed by atoms with Crippen LogP contribution in [0.5, 0.6) is 0 Å². The van der Waals surface area contributed by atoms with E-state index in [1.807, 2.05) is 24.0 Å². The van der Waals surface area contributed by atoms with Gasteiger partial charge in [0.25, 0.3) is 5.91 Å². The first-order chi connectivity index (χ1) is 14.7. The van der Waals surface area contributed by atoms with Crippen molar-refractivity contribution >= 4 is 5.91 Å². The summed E-state index contributed by atoms with van der Waals surface area (Å²) in [6, 6.07) is 6.30. The quantitative estimate of drug-likeness (QED) is 0.499. The second-order valence-electron chi connectivity index (χ2n) is 8.32. The van der Waals surface area contributed by atoms with Crippen LogP contribution in [-0.4, -0.2) is 34.9 Å². The molecule has 5 nitrogen and oxygen atoms in total. The summed E-state index contributed by atoms with van der Waals surface area (Å²) in [5.74, 6) is -0.225. The first-order valence-electron chi connectivity index (χ1n) is 11.8. The van der Waals surface area contributed by atoms with Crippen LogP contribution < -0.4 is 5.32 Å². The zero-order chi connectivity index (χ0) is 21.4. The van der Waals surface area contributed by atoms with Crippen molar-refractivity contribution in [2.24, 2.45) is 0 Å². The third-order valence-corrected chi connectivity index (χ3v) is 5.96. The highest BCUT2D eigenvalue weighted by molar-refractivity contribution is 5.97. The minimum Gasteiger partial charge on any atom is -0.376 e. The van der Waals surface area contributed by atoms with Crippen molar-refractivity contribution in [2.45, 2.75) is 90.0 Å². The summed E-state index contributed by atoms with van der Waals surface area (Å²) in [4.78, 5) is 18.9. The number of amides is 1. The van der Waals surface area contributed by atoms with Gasteiger partial charge in [0.2, 0.25) is 0 Å². The van der Waals surface area contributed by atoms with E-state index < -0.39 is 0 Å². The van der Waals surface area contributed by atoms with E-state index in [0.717, 1.165) is 45.2 Å². The third-order valence-electron chi connectivity index (χ3n) is 5.96. The molecule has 0 radical (unpaired) electrons. The molecular weight excluding hydrogens is 372 g/mol. The Morgan fingerprint density at radius 3 is 2.20 bits per heavy atom. The molecule has 0 saturated heterocycles. The van der Waals surface area contributed by atoms with E-state index >= 15 is 0 Å². The van der Waals surface area contributed by atoms with Gasteiger partial charge >= 0.3 is 0 Å². The maximum Gasteiger partial charge on any atom is 0.263 e. The minimum absolute atomic E-state index is 0.181. The predicted molar refractivity (Wildman–Crippen MR) is 122 cm³/mol. The van der Waals surface area contributed by atoms with E-state index in [0.29, 0.717) is 0 Å². The zero-order valence-corrected chi connectivity index (χ0v) is 18.6. The Labute approximate surface area is 182 Å². The first kappa shape index (κ1) is 23.9. The van der Waals surface area contributed by atoms with E-state index in [1.165, 1.54) is 50.5 Å². The molecule has 30 heavy (non-hydrogen) atoms. The van der Waals surface area contributed by atoms with Gasteiger partial charge in [-0.25, -0.2) is 0 Å². The topological polar surface area (TPSA) is 69.0 Å². The van der Waals surface area contributed by atoms with Gasteiger partial charge in [-0.05, 0) is 43.9 Å². The summed E-state index contributed by atoms with van der Waals surface area (Å²) < 4.78 is 0. The summed E-state index contributed by atoms with van der Waals surface area (Å²) in [5.41, 5.74) is 1.41. The van der Waals surface area contributed by atoms with Gasteiger partial charge in [-0.2, -0.15) is 5.26 Å². The number of hydrogen-bond acceptors (Lipinski definition) is 4. The second-order valence-corrected chi connectivity index (χ2v) is 8.32. The highest BCUT2D eigenvalue weighted by atomic mass is 16.1. The van der Waals surface area contributed by atoms with Gasteiger partial charge in [-0.1, -0.05) is 57.8 Å². The fourth-order valence-corrected chi connectivity index (χ4v) is 4.03. The second kappa shape index (κ2) is 14.6. The molecule has 1 amide bonds. The summed E-state index contributed by atoms with van der Waals surface area (Å²) in [6.07, 6.45) is 19.6. The van der Waals surface area contributed by atoms with Crippen LogP contribution in [0.4, 0.5) is 0 Å². The van der Waals surface area contributed by atoms with Crippen molar-refractivity contribution in [1.82, 2.24) is 15.2 Å². The number of carbonyl (C=O) groups is 1. The van der Waals surface area contributed by atoms with Crippen LogP contribution in [-0.2, 0) is 11.2 Å². The van der Waals surface area contributed by atoms with Gasteiger partial charge < -0.3 is 10.2 Å². The molecule has 0 bridgehead atoms. The molecule has 1 aromatic heterocycles. The largest absolute Gasteiger partial charge is 0.376 e. The number of aromatic nitrogens is 1. The Morgan fingerprint density at radius 1 is 1.10 bits per heavy atom. The standard InChI is InChI=1S/C25H38N4O/c1-2-29(19-16-22-14-17-27-18-15-22)21-23(20-26)25(30)28-24-12-10-8-6-4-3-5-7-9-11-13-24/h14-15,17-18,21,24H,2-13,16,19H2,1H3,(H,28,30)/b23-21-. The molecule has 1 aromatic rings. The number of nitrogens with one attached hydrogen (secondary N) is 1. The van der Waals surface area contributed by atoms with Crippen molar-refractivity contribution in [3.63, 3.8) is 0 Å². The molecule has 1 aliphatic rings. The van der Waals surface area contributed by atoms with Crippen LogP contribution in [0.3, 0.4) is 0 Å². The van der Waals surface area contributed by atoms with Crippen LogP contribution >= 0.6 is 0 Å². The van der Waals surface area contributed by atoms with Gasteiger partial charge in [-0.15, -0.1) is 0 Å². The Balaban J connectivity index is 1.91. The number of carbonyl (C=O) groups excluding carboxylic acids is 1. The monoisotopic (exact) mass is 410 g/mol. The molecule has 1 fully saturated rings. The molecule has 0 unspecified atom stereocenters. The van der Waals surface area contributed by atoms with Crippen LogP contribution in [0.1, 0.15) is 83.1 Å².